The van der Waals surface area contributed by atoms with Crippen molar-refractivity contribution in [1.82, 2.24) is 4.72 Å². The van der Waals surface area contributed by atoms with Crippen molar-refractivity contribution in [3.8, 4) is 0 Å². The van der Waals surface area contributed by atoms with E-state index in [1.807, 2.05) is 0 Å². The minimum absolute atomic E-state index is 0.0540. The second-order valence-corrected chi connectivity index (χ2v) is 5.50. The predicted molar refractivity (Wildman–Crippen MR) is 67.6 cm³/mol. The number of benzene rings is 1. The Morgan fingerprint density at radius 3 is 2.72 bits per heavy atom. The number of anilines is 1. The molecule has 0 fully saturated rings. The van der Waals surface area contributed by atoms with Gasteiger partial charge in [0.15, 0.2) is 0 Å². The van der Waals surface area contributed by atoms with Crippen LogP contribution in [0.3, 0.4) is 0 Å². The molecule has 0 radical (unpaired) electrons. The molecule has 0 heterocycles. The van der Waals surface area contributed by atoms with Crippen LogP contribution in [0.4, 0.5) is 5.69 Å². The lowest BCUT2D eigenvalue weighted by Gasteiger charge is -2.07. The van der Waals surface area contributed by atoms with Crippen LogP contribution in [0, 0.1) is 0 Å². The zero-order chi connectivity index (χ0) is 13.6. The number of aliphatic hydroxyl groups is 1. The third-order valence-electron chi connectivity index (χ3n) is 2.26. The molecule has 1 aromatic rings. The molecule has 0 aliphatic carbocycles. The largest absolute Gasteiger partial charge is 0.396 e. The molecule has 3 N–H and O–H groups in total. The van der Waals surface area contributed by atoms with Crippen molar-refractivity contribution in [1.29, 1.82) is 0 Å². The van der Waals surface area contributed by atoms with E-state index in [2.05, 4.69) is 10.0 Å². The molecule has 0 unspecified atom stereocenters. The standard InChI is InChI=1S/C11H16N2O4S/c1-12-18(16,17)10-5-2-4-9(8-10)13-11(15)6-3-7-14/h2,4-5,8,12,14H,3,6-7H2,1H3,(H,13,15). The molecule has 1 amide bonds. The molecule has 0 atom stereocenters. The molecule has 0 aromatic heterocycles. The molecule has 0 saturated heterocycles. The van der Waals surface area contributed by atoms with Gasteiger partial charge in [0.25, 0.3) is 0 Å². The molecule has 6 nitrogen and oxygen atoms in total. The van der Waals surface area contributed by atoms with Gasteiger partial charge in [-0.2, -0.15) is 0 Å². The lowest BCUT2D eigenvalue weighted by Crippen LogP contribution is -2.19. The number of sulfonamides is 1. The minimum Gasteiger partial charge on any atom is -0.396 e. The molecule has 0 bridgehead atoms. The first-order valence-electron chi connectivity index (χ1n) is 5.44. The molecule has 1 rings (SSSR count). The molecule has 0 spiro atoms. The maximum absolute atomic E-state index is 11.6. The maximum Gasteiger partial charge on any atom is 0.240 e. The number of nitrogens with one attached hydrogen (secondary N) is 2. The highest BCUT2D eigenvalue weighted by Gasteiger charge is 2.12. The molecule has 18 heavy (non-hydrogen) atoms. The van der Waals surface area contributed by atoms with Gasteiger partial charge in [0.1, 0.15) is 0 Å². The second-order valence-electron chi connectivity index (χ2n) is 3.61. The van der Waals surface area contributed by atoms with E-state index in [9.17, 15) is 13.2 Å². The summed E-state index contributed by atoms with van der Waals surface area (Å²) in [5.41, 5.74) is 0.411. The first-order valence-corrected chi connectivity index (χ1v) is 6.92. The van der Waals surface area contributed by atoms with Crippen molar-refractivity contribution in [2.24, 2.45) is 0 Å². The van der Waals surface area contributed by atoms with Crippen molar-refractivity contribution in [3.63, 3.8) is 0 Å². The van der Waals surface area contributed by atoms with Crippen molar-refractivity contribution in [3.05, 3.63) is 24.3 Å². The predicted octanol–water partition coefficient (Wildman–Crippen LogP) is 0.306. The van der Waals surface area contributed by atoms with Gasteiger partial charge in [-0.15, -0.1) is 0 Å². The van der Waals surface area contributed by atoms with Gasteiger partial charge in [-0.25, -0.2) is 13.1 Å². The zero-order valence-corrected chi connectivity index (χ0v) is 10.8. The molecule has 7 heteroatoms. The first-order chi connectivity index (χ1) is 8.49. The summed E-state index contributed by atoms with van der Waals surface area (Å²) in [6.07, 6.45) is 0.569. The van der Waals surface area contributed by atoms with E-state index >= 15 is 0 Å². The molecule has 0 aliphatic heterocycles. The van der Waals surface area contributed by atoms with Crippen molar-refractivity contribution < 1.29 is 18.3 Å². The van der Waals surface area contributed by atoms with Crippen LogP contribution >= 0.6 is 0 Å². The minimum atomic E-state index is -3.51. The number of aliphatic hydroxyl groups excluding tert-OH is 1. The molecular weight excluding hydrogens is 256 g/mol. The van der Waals surface area contributed by atoms with E-state index in [1.54, 1.807) is 12.1 Å². The quantitative estimate of drug-likeness (QED) is 0.694. The van der Waals surface area contributed by atoms with E-state index in [0.29, 0.717) is 12.1 Å². The van der Waals surface area contributed by atoms with Gasteiger partial charge in [-0.05, 0) is 31.7 Å². The van der Waals surface area contributed by atoms with E-state index in [1.165, 1.54) is 19.2 Å². The van der Waals surface area contributed by atoms with Crippen LogP contribution < -0.4 is 10.0 Å². The summed E-state index contributed by atoms with van der Waals surface area (Å²) in [4.78, 5) is 11.5. The Kier molecular flexibility index (Phi) is 5.26. The zero-order valence-electron chi connectivity index (χ0n) is 10.0. The van der Waals surface area contributed by atoms with Crippen molar-refractivity contribution in [2.75, 3.05) is 19.0 Å². The third-order valence-corrected chi connectivity index (χ3v) is 3.67. The van der Waals surface area contributed by atoms with Crippen LogP contribution in [-0.4, -0.2) is 33.1 Å². The van der Waals surface area contributed by atoms with Gasteiger partial charge < -0.3 is 10.4 Å². The fourth-order valence-corrected chi connectivity index (χ4v) is 2.10. The topological polar surface area (TPSA) is 95.5 Å². The summed E-state index contributed by atoms with van der Waals surface area (Å²) in [5, 5.41) is 11.2. The van der Waals surface area contributed by atoms with Crippen LogP contribution in [0.25, 0.3) is 0 Å². The number of carbonyl (C=O) groups is 1. The summed E-state index contributed by atoms with van der Waals surface area (Å²) in [7, 11) is -2.19. The highest BCUT2D eigenvalue weighted by atomic mass is 32.2. The Hall–Kier alpha value is -1.44. The lowest BCUT2D eigenvalue weighted by atomic mass is 10.3. The van der Waals surface area contributed by atoms with Crippen LogP contribution in [0.5, 0.6) is 0 Å². The highest BCUT2D eigenvalue weighted by molar-refractivity contribution is 7.89. The summed E-state index contributed by atoms with van der Waals surface area (Å²) < 4.78 is 25.3. The summed E-state index contributed by atoms with van der Waals surface area (Å²) >= 11 is 0. The lowest BCUT2D eigenvalue weighted by molar-refractivity contribution is -0.116. The fourth-order valence-electron chi connectivity index (χ4n) is 1.32. The Balaban J connectivity index is 2.80. The Labute approximate surface area is 106 Å². The second kappa shape index (κ2) is 6.48. The smallest absolute Gasteiger partial charge is 0.240 e. The highest BCUT2D eigenvalue weighted by Crippen LogP contribution is 2.15. The molecular formula is C11H16N2O4S. The number of carbonyl (C=O) groups excluding carboxylic acids is 1. The van der Waals surface area contributed by atoms with Gasteiger partial charge in [0, 0.05) is 18.7 Å². The Morgan fingerprint density at radius 2 is 2.11 bits per heavy atom. The van der Waals surface area contributed by atoms with Gasteiger partial charge in [0.05, 0.1) is 4.90 Å². The summed E-state index contributed by atoms with van der Waals surface area (Å²) in [6.45, 7) is -0.0540. The molecule has 100 valence electrons. The van der Waals surface area contributed by atoms with Crippen LogP contribution in [0.15, 0.2) is 29.2 Å². The Bertz CT molecular complexity index is 514. The van der Waals surface area contributed by atoms with E-state index in [-0.39, 0.29) is 23.8 Å². The van der Waals surface area contributed by atoms with Gasteiger partial charge in [-0.3, -0.25) is 4.79 Å². The average molecular weight is 272 g/mol. The number of hydrogen-bond acceptors (Lipinski definition) is 4. The molecule has 0 saturated carbocycles. The van der Waals surface area contributed by atoms with Gasteiger partial charge in [-0.1, -0.05) is 6.07 Å². The number of hydrogen-bond donors (Lipinski definition) is 3. The van der Waals surface area contributed by atoms with E-state index < -0.39 is 10.0 Å². The monoisotopic (exact) mass is 272 g/mol. The van der Waals surface area contributed by atoms with Crippen molar-refractivity contribution >= 4 is 21.6 Å². The van der Waals surface area contributed by atoms with Crippen LogP contribution in [0.1, 0.15) is 12.8 Å². The average Bonchev–Trinajstić information content (AvgIpc) is 2.36. The maximum atomic E-state index is 11.6. The third kappa shape index (κ3) is 4.10. The van der Waals surface area contributed by atoms with Crippen LogP contribution in [0.2, 0.25) is 0 Å². The SMILES string of the molecule is CNS(=O)(=O)c1cccc(NC(=O)CCCO)c1. The molecule has 0 aliphatic rings. The summed E-state index contributed by atoms with van der Waals surface area (Å²) in [6, 6.07) is 5.97. The number of rotatable bonds is 6. The van der Waals surface area contributed by atoms with Gasteiger partial charge >= 0.3 is 0 Å². The van der Waals surface area contributed by atoms with Crippen LogP contribution in [-0.2, 0) is 14.8 Å². The summed E-state index contributed by atoms with van der Waals surface area (Å²) in [5.74, 6) is -0.261. The Morgan fingerprint density at radius 1 is 1.39 bits per heavy atom. The van der Waals surface area contributed by atoms with E-state index in [0.717, 1.165) is 0 Å². The number of amides is 1. The van der Waals surface area contributed by atoms with Gasteiger partial charge in [0.2, 0.25) is 15.9 Å². The van der Waals surface area contributed by atoms with Crippen molar-refractivity contribution in [2.45, 2.75) is 17.7 Å². The normalized spacial score (nSPS) is 11.2. The first kappa shape index (κ1) is 14.6. The molecule has 1 aromatic carbocycles. The van der Waals surface area contributed by atoms with E-state index in [4.69, 9.17) is 5.11 Å². The fraction of sp³-hybridized carbons (Fsp3) is 0.364.